The highest BCUT2D eigenvalue weighted by molar-refractivity contribution is 9.10. The van der Waals surface area contributed by atoms with E-state index in [2.05, 4.69) is 46.1 Å². The van der Waals surface area contributed by atoms with E-state index in [0.29, 0.717) is 5.41 Å². The van der Waals surface area contributed by atoms with E-state index in [1.807, 2.05) is 6.20 Å². The van der Waals surface area contributed by atoms with E-state index in [9.17, 15) is 0 Å². The minimum atomic E-state index is 0.579. The van der Waals surface area contributed by atoms with Crippen LogP contribution in [-0.2, 0) is 0 Å². The number of aryl methyl sites for hydroxylation is 1. The molecule has 16 heavy (non-hydrogen) atoms. The zero-order chi connectivity index (χ0) is 11.6. The van der Waals surface area contributed by atoms with Crippen molar-refractivity contribution in [2.75, 3.05) is 11.9 Å². The molecular weight excluding hydrogens is 264 g/mol. The first kappa shape index (κ1) is 11.9. The fourth-order valence-corrected chi connectivity index (χ4v) is 2.66. The van der Waals surface area contributed by atoms with Gasteiger partial charge < -0.3 is 5.32 Å². The first-order valence-corrected chi connectivity index (χ1v) is 6.80. The molecule has 0 radical (unpaired) electrons. The summed E-state index contributed by atoms with van der Waals surface area (Å²) in [5.41, 5.74) is 1.79. The molecule has 0 saturated heterocycles. The van der Waals surface area contributed by atoms with Crippen LogP contribution >= 0.6 is 15.9 Å². The van der Waals surface area contributed by atoms with Gasteiger partial charge in [-0.15, -0.1) is 0 Å². The number of nitrogens with zero attached hydrogens (tertiary/aromatic N) is 1. The average molecular weight is 283 g/mol. The lowest BCUT2D eigenvalue weighted by molar-refractivity contribution is 0.485. The molecule has 1 N–H and O–H groups in total. The lowest BCUT2D eigenvalue weighted by Crippen LogP contribution is -2.16. The molecule has 0 aromatic carbocycles. The van der Waals surface area contributed by atoms with Gasteiger partial charge in [0.25, 0.3) is 0 Å². The van der Waals surface area contributed by atoms with Gasteiger partial charge in [0.1, 0.15) is 5.82 Å². The molecule has 0 aliphatic heterocycles. The van der Waals surface area contributed by atoms with Gasteiger partial charge in [0.2, 0.25) is 0 Å². The van der Waals surface area contributed by atoms with Crippen LogP contribution in [-0.4, -0.2) is 11.5 Å². The largest absolute Gasteiger partial charge is 0.369 e. The number of pyridine rings is 1. The van der Waals surface area contributed by atoms with Crippen LogP contribution in [0.15, 0.2) is 16.7 Å². The fraction of sp³-hybridized carbons (Fsp3) is 0.615. The van der Waals surface area contributed by atoms with Gasteiger partial charge in [0.05, 0.1) is 0 Å². The van der Waals surface area contributed by atoms with Crippen molar-refractivity contribution < 1.29 is 0 Å². The molecule has 0 unspecified atom stereocenters. The Kier molecular flexibility index (Phi) is 3.53. The van der Waals surface area contributed by atoms with E-state index in [1.165, 1.54) is 31.2 Å². The summed E-state index contributed by atoms with van der Waals surface area (Å²) in [7, 11) is 0. The summed E-state index contributed by atoms with van der Waals surface area (Å²) < 4.78 is 1.05. The highest BCUT2D eigenvalue weighted by Crippen LogP contribution is 2.49. The van der Waals surface area contributed by atoms with Gasteiger partial charge >= 0.3 is 0 Å². The summed E-state index contributed by atoms with van der Waals surface area (Å²) in [6.45, 7) is 5.44. The van der Waals surface area contributed by atoms with Crippen molar-refractivity contribution >= 4 is 21.7 Å². The second kappa shape index (κ2) is 4.74. The number of anilines is 1. The Balaban J connectivity index is 1.94. The molecule has 1 heterocycles. The Bertz CT molecular complexity index is 372. The Morgan fingerprint density at radius 3 is 2.81 bits per heavy atom. The van der Waals surface area contributed by atoms with Gasteiger partial charge in [-0.25, -0.2) is 4.98 Å². The number of hydrogen-bond donors (Lipinski definition) is 1. The van der Waals surface area contributed by atoms with E-state index in [1.54, 1.807) is 0 Å². The van der Waals surface area contributed by atoms with Crippen molar-refractivity contribution in [3.63, 3.8) is 0 Å². The molecule has 88 valence electrons. The lowest BCUT2D eigenvalue weighted by Gasteiger charge is -2.16. The van der Waals surface area contributed by atoms with Gasteiger partial charge in [-0.3, -0.25) is 0 Å². The average Bonchev–Trinajstić information content (AvgIpc) is 2.98. The normalized spacial score (nSPS) is 17.2. The smallest absolute Gasteiger partial charge is 0.128 e. The molecule has 2 rings (SSSR count). The van der Waals surface area contributed by atoms with Crippen LogP contribution in [0.25, 0.3) is 0 Å². The fourth-order valence-electron chi connectivity index (χ4n) is 2.22. The van der Waals surface area contributed by atoms with Crippen molar-refractivity contribution in [3.8, 4) is 0 Å². The number of hydrogen-bond acceptors (Lipinski definition) is 2. The number of aromatic nitrogens is 1. The van der Waals surface area contributed by atoms with Gasteiger partial charge in [0.15, 0.2) is 0 Å². The van der Waals surface area contributed by atoms with E-state index in [-0.39, 0.29) is 0 Å². The molecule has 2 nitrogen and oxygen atoms in total. The van der Waals surface area contributed by atoms with Crippen molar-refractivity contribution in [1.82, 2.24) is 4.98 Å². The molecule has 0 bridgehead atoms. The summed E-state index contributed by atoms with van der Waals surface area (Å²) >= 11 is 3.43. The van der Waals surface area contributed by atoms with Gasteiger partial charge in [-0.1, -0.05) is 13.3 Å². The summed E-state index contributed by atoms with van der Waals surface area (Å²) in [6, 6.07) is 2.11. The second-order valence-corrected chi connectivity index (χ2v) is 5.84. The van der Waals surface area contributed by atoms with Gasteiger partial charge in [0, 0.05) is 17.2 Å². The zero-order valence-corrected chi connectivity index (χ0v) is 11.6. The maximum atomic E-state index is 4.41. The maximum absolute atomic E-state index is 4.41. The molecule has 1 aliphatic rings. The minimum Gasteiger partial charge on any atom is -0.369 e. The monoisotopic (exact) mass is 282 g/mol. The predicted octanol–water partition coefficient (Wildman–Crippen LogP) is 4.14. The Morgan fingerprint density at radius 2 is 2.25 bits per heavy atom. The molecule has 1 aromatic rings. The highest BCUT2D eigenvalue weighted by atomic mass is 79.9. The molecular formula is C13H19BrN2. The van der Waals surface area contributed by atoms with Crippen molar-refractivity contribution in [3.05, 3.63) is 22.3 Å². The van der Waals surface area contributed by atoms with Crippen molar-refractivity contribution in [2.45, 2.75) is 39.5 Å². The third-order valence-corrected chi connectivity index (χ3v) is 3.85. The summed E-state index contributed by atoms with van der Waals surface area (Å²) in [5.74, 6) is 1.03. The van der Waals surface area contributed by atoms with Crippen LogP contribution in [0.5, 0.6) is 0 Å². The third kappa shape index (κ3) is 2.76. The number of nitrogens with one attached hydrogen (secondary N) is 1. The Labute approximate surface area is 106 Å². The third-order valence-electron chi connectivity index (χ3n) is 3.41. The van der Waals surface area contributed by atoms with Crippen molar-refractivity contribution in [1.29, 1.82) is 0 Å². The minimum absolute atomic E-state index is 0.579. The van der Waals surface area contributed by atoms with E-state index < -0.39 is 0 Å². The van der Waals surface area contributed by atoms with Gasteiger partial charge in [-0.2, -0.15) is 0 Å². The second-order valence-electron chi connectivity index (χ2n) is 4.92. The number of rotatable bonds is 5. The van der Waals surface area contributed by atoms with E-state index >= 15 is 0 Å². The maximum Gasteiger partial charge on any atom is 0.128 e. The molecule has 1 fully saturated rings. The zero-order valence-electron chi connectivity index (χ0n) is 10.0. The molecule has 0 spiro atoms. The van der Waals surface area contributed by atoms with E-state index in [4.69, 9.17) is 0 Å². The lowest BCUT2D eigenvalue weighted by atomic mass is 10.0. The Morgan fingerprint density at radius 1 is 1.50 bits per heavy atom. The first-order chi connectivity index (χ1) is 7.65. The predicted molar refractivity (Wildman–Crippen MR) is 71.7 cm³/mol. The topological polar surface area (TPSA) is 24.9 Å². The molecule has 0 atom stereocenters. The van der Waals surface area contributed by atoms with Crippen LogP contribution in [0, 0.1) is 12.3 Å². The molecule has 1 saturated carbocycles. The molecule has 0 amide bonds. The van der Waals surface area contributed by atoms with Crippen LogP contribution in [0.2, 0.25) is 0 Å². The van der Waals surface area contributed by atoms with Crippen LogP contribution < -0.4 is 5.32 Å². The van der Waals surface area contributed by atoms with Crippen LogP contribution in [0.4, 0.5) is 5.82 Å². The SMILES string of the molecule is CCCC1(CNc2ncc(Br)cc2C)CC1. The summed E-state index contributed by atoms with van der Waals surface area (Å²) in [5, 5.41) is 3.50. The quantitative estimate of drug-likeness (QED) is 0.878. The molecule has 1 aromatic heterocycles. The van der Waals surface area contributed by atoms with Gasteiger partial charge in [-0.05, 0) is 59.2 Å². The van der Waals surface area contributed by atoms with Crippen LogP contribution in [0.1, 0.15) is 38.2 Å². The standard InChI is InChI=1S/C13H19BrN2/c1-3-4-13(5-6-13)9-16-12-10(2)7-11(14)8-15-12/h7-8H,3-6,9H2,1-2H3,(H,15,16). The highest BCUT2D eigenvalue weighted by Gasteiger charge is 2.41. The first-order valence-electron chi connectivity index (χ1n) is 6.01. The Hall–Kier alpha value is -0.570. The molecule has 3 heteroatoms. The summed E-state index contributed by atoms with van der Waals surface area (Å²) in [4.78, 5) is 4.41. The number of halogens is 1. The van der Waals surface area contributed by atoms with E-state index in [0.717, 1.165) is 16.8 Å². The van der Waals surface area contributed by atoms with Crippen molar-refractivity contribution in [2.24, 2.45) is 5.41 Å². The molecule has 1 aliphatic carbocycles. The summed E-state index contributed by atoms with van der Waals surface area (Å²) in [6.07, 6.45) is 7.24. The van der Waals surface area contributed by atoms with Crippen LogP contribution in [0.3, 0.4) is 0 Å².